The van der Waals surface area contributed by atoms with Gasteiger partial charge in [0.1, 0.15) is 19.1 Å². The van der Waals surface area contributed by atoms with Gasteiger partial charge in [0.25, 0.3) is 5.89 Å². The van der Waals surface area contributed by atoms with Crippen molar-refractivity contribution in [1.29, 1.82) is 0 Å². The Kier molecular flexibility index (Phi) is 6.59. The fraction of sp³-hybridized carbons (Fsp3) is 0.483. The number of hydrogen-bond acceptors (Lipinski definition) is 6. The van der Waals surface area contributed by atoms with E-state index in [0.717, 1.165) is 79.8 Å². The normalized spacial score (nSPS) is 27.0. The van der Waals surface area contributed by atoms with Gasteiger partial charge in [-0.05, 0) is 43.6 Å². The largest absolute Gasteiger partial charge is 0.455 e. The van der Waals surface area contributed by atoms with Gasteiger partial charge in [0.05, 0.1) is 13.1 Å². The van der Waals surface area contributed by atoms with Crippen molar-refractivity contribution in [2.45, 2.75) is 50.8 Å². The van der Waals surface area contributed by atoms with Crippen LogP contribution in [0.2, 0.25) is 0 Å². The van der Waals surface area contributed by atoms with Gasteiger partial charge in [-0.1, -0.05) is 60.1 Å². The lowest BCUT2D eigenvalue weighted by atomic mass is 9.83. The van der Waals surface area contributed by atoms with E-state index < -0.39 is 0 Å². The second kappa shape index (κ2) is 10.1. The molecule has 0 spiro atoms. The van der Waals surface area contributed by atoms with Crippen LogP contribution >= 0.6 is 0 Å². The molecule has 4 saturated heterocycles. The Balaban J connectivity index is 1.17. The molecule has 7 nitrogen and oxygen atoms in total. The molecule has 2 atom stereocenters. The van der Waals surface area contributed by atoms with Crippen molar-refractivity contribution in [3.8, 4) is 11.5 Å². The monoisotopic (exact) mass is 487 g/mol. The third kappa shape index (κ3) is 4.82. The number of fused-ring (bicyclic) bond motifs is 3. The van der Waals surface area contributed by atoms with Gasteiger partial charge in [-0.2, -0.15) is 4.98 Å². The van der Waals surface area contributed by atoms with E-state index in [1.165, 1.54) is 6.42 Å². The Hall–Kier alpha value is -3.03. The average molecular weight is 488 g/mol. The van der Waals surface area contributed by atoms with Crippen LogP contribution in [-0.2, 0) is 16.1 Å². The Labute approximate surface area is 212 Å². The molecule has 0 amide bonds. The number of benzene rings is 2. The number of carbonyl (C=O) groups excluding carboxylic acids is 1. The van der Waals surface area contributed by atoms with Gasteiger partial charge in [0, 0.05) is 24.3 Å². The molecule has 0 N–H and O–H groups in total. The number of likely N-dealkylation sites (tertiary alicyclic amines) is 1. The van der Waals surface area contributed by atoms with E-state index in [4.69, 9.17) is 14.2 Å². The molecule has 4 fully saturated rings. The van der Waals surface area contributed by atoms with Crippen LogP contribution in [0.25, 0.3) is 11.5 Å². The van der Waals surface area contributed by atoms with Crippen molar-refractivity contribution >= 4 is 5.97 Å². The SMILES string of the molecule is O=C(O[C@H]1C[N+]2(Cc3noc(-c4ccccc4)n3)CCC1CC2)[C@H](c1ccccc1)N1CCCCC1. The maximum Gasteiger partial charge on any atom is 0.328 e. The predicted molar refractivity (Wildman–Crippen MR) is 136 cm³/mol. The number of piperidine rings is 4. The fourth-order valence-electron chi connectivity index (χ4n) is 6.41. The number of carbonyl (C=O) groups is 1. The summed E-state index contributed by atoms with van der Waals surface area (Å²) in [4.78, 5) is 20.7. The van der Waals surface area contributed by atoms with Gasteiger partial charge in [-0.3, -0.25) is 4.90 Å². The third-order valence-corrected chi connectivity index (χ3v) is 8.37. The maximum atomic E-state index is 13.7. The molecular weight excluding hydrogens is 452 g/mol. The standard InChI is InChI=1S/C29H35N4O3/c34-29(27(23-10-4-1-5-11-23)32-16-8-3-9-17-32)35-25-20-33(18-14-22(25)15-19-33)21-26-30-28(36-31-26)24-12-6-2-7-13-24/h1-2,4-7,10-13,22,25,27H,3,8-9,14-21H2/q+1/t22?,25-,27-,33?/m0/s1. The third-order valence-electron chi connectivity index (χ3n) is 8.37. The van der Waals surface area contributed by atoms with E-state index in [1.807, 2.05) is 48.5 Å². The quantitative estimate of drug-likeness (QED) is 0.358. The molecule has 36 heavy (non-hydrogen) atoms. The fourth-order valence-corrected chi connectivity index (χ4v) is 6.41. The molecule has 2 bridgehead atoms. The summed E-state index contributed by atoms with van der Waals surface area (Å²) < 4.78 is 12.8. The average Bonchev–Trinajstić information content (AvgIpc) is 3.39. The summed E-state index contributed by atoms with van der Waals surface area (Å²) in [7, 11) is 0. The highest BCUT2D eigenvalue weighted by atomic mass is 16.5. The van der Waals surface area contributed by atoms with Crippen molar-refractivity contribution in [1.82, 2.24) is 15.0 Å². The molecule has 3 aromatic rings. The van der Waals surface area contributed by atoms with Crippen LogP contribution in [0.1, 0.15) is 49.5 Å². The van der Waals surface area contributed by atoms with Crippen molar-refractivity contribution in [3.63, 3.8) is 0 Å². The second-order valence-electron chi connectivity index (χ2n) is 10.7. The van der Waals surface area contributed by atoms with Crippen molar-refractivity contribution in [3.05, 3.63) is 72.1 Å². The Morgan fingerprint density at radius 3 is 2.42 bits per heavy atom. The van der Waals surface area contributed by atoms with E-state index in [1.54, 1.807) is 0 Å². The highest BCUT2D eigenvalue weighted by Crippen LogP contribution is 2.38. The minimum Gasteiger partial charge on any atom is -0.455 e. The minimum absolute atomic E-state index is 0.0588. The number of esters is 1. The van der Waals surface area contributed by atoms with Crippen LogP contribution in [0.5, 0.6) is 0 Å². The number of ether oxygens (including phenoxy) is 1. The molecule has 1 aromatic heterocycles. The Bertz CT molecular complexity index is 1150. The van der Waals surface area contributed by atoms with Gasteiger partial charge >= 0.3 is 5.97 Å². The molecular formula is C29H35N4O3+. The highest BCUT2D eigenvalue weighted by molar-refractivity contribution is 5.78. The summed E-state index contributed by atoms with van der Waals surface area (Å²) in [5.41, 5.74) is 1.97. The van der Waals surface area contributed by atoms with E-state index in [-0.39, 0.29) is 18.1 Å². The van der Waals surface area contributed by atoms with Crippen molar-refractivity contribution in [2.24, 2.45) is 5.92 Å². The first kappa shape index (κ1) is 23.4. The van der Waals surface area contributed by atoms with Gasteiger partial charge < -0.3 is 13.7 Å². The van der Waals surface area contributed by atoms with E-state index >= 15 is 0 Å². The summed E-state index contributed by atoms with van der Waals surface area (Å²) in [5, 5.41) is 4.30. The van der Waals surface area contributed by atoms with E-state index in [2.05, 4.69) is 22.2 Å². The topological polar surface area (TPSA) is 68.5 Å². The minimum atomic E-state index is -0.318. The van der Waals surface area contributed by atoms with Crippen molar-refractivity contribution in [2.75, 3.05) is 32.7 Å². The molecule has 0 saturated carbocycles. The molecule has 4 aliphatic heterocycles. The van der Waals surface area contributed by atoms with Crippen LogP contribution in [0.15, 0.2) is 65.2 Å². The first-order chi connectivity index (χ1) is 17.7. The smallest absolute Gasteiger partial charge is 0.328 e. The van der Waals surface area contributed by atoms with Crippen LogP contribution in [-0.4, -0.2) is 64.3 Å². The molecule has 5 heterocycles. The zero-order valence-corrected chi connectivity index (χ0v) is 20.8. The molecule has 0 radical (unpaired) electrons. The van der Waals surface area contributed by atoms with Crippen LogP contribution in [0, 0.1) is 5.92 Å². The summed E-state index contributed by atoms with van der Waals surface area (Å²) in [6, 6.07) is 19.7. The lowest BCUT2D eigenvalue weighted by molar-refractivity contribution is -0.958. The number of nitrogens with zero attached hydrogens (tertiary/aromatic N) is 4. The zero-order valence-electron chi connectivity index (χ0n) is 20.8. The summed E-state index contributed by atoms with van der Waals surface area (Å²) >= 11 is 0. The Morgan fingerprint density at radius 1 is 1.00 bits per heavy atom. The molecule has 0 unspecified atom stereocenters. The van der Waals surface area contributed by atoms with Crippen LogP contribution in [0.4, 0.5) is 0 Å². The summed E-state index contributed by atoms with van der Waals surface area (Å²) in [6.07, 6.45) is 5.59. The van der Waals surface area contributed by atoms with Crippen LogP contribution < -0.4 is 0 Å². The highest BCUT2D eigenvalue weighted by Gasteiger charge is 2.49. The number of rotatable bonds is 7. The lowest BCUT2D eigenvalue weighted by Crippen LogP contribution is -2.64. The van der Waals surface area contributed by atoms with E-state index in [9.17, 15) is 4.79 Å². The predicted octanol–water partition coefficient (Wildman–Crippen LogP) is 4.62. The maximum absolute atomic E-state index is 13.7. The Morgan fingerprint density at radius 2 is 1.69 bits per heavy atom. The van der Waals surface area contributed by atoms with Gasteiger partial charge in [-0.15, -0.1) is 0 Å². The summed E-state index contributed by atoms with van der Waals surface area (Å²) in [6.45, 7) is 5.58. The molecule has 7 rings (SSSR count). The number of aromatic nitrogens is 2. The van der Waals surface area contributed by atoms with Gasteiger partial charge in [-0.25, -0.2) is 4.79 Å². The lowest BCUT2D eigenvalue weighted by Gasteiger charge is -2.51. The van der Waals surface area contributed by atoms with E-state index in [0.29, 0.717) is 18.4 Å². The molecule has 4 aliphatic rings. The first-order valence-electron chi connectivity index (χ1n) is 13.4. The van der Waals surface area contributed by atoms with Gasteiger partial charge in [0.2, 0.25) is 5.82 Å². The molecule has 188 valence electrons. The van der Waals surface area contributed by atoms with Crippen molar-refractivity contribution < 1.29 is 18.5 Å². The second-order valence-corrected chi connectivity index (χ2v) is 10.7. The number of quaternary nitrogens is 1. The molecule has 7 heteroatoms. The summed E-state index contributed by atoms with van der Waals surface area (Å²) in [5.74, 6) is 1.64. The zero-order chi connectivity index (χ0) is 24.4. The first-order valence-corrected chi connectivity index (χ1v) is 13.4. The van der Waals surface area contributed by atoms with Crippen LogP contribution in [0.3, 0.4) is 0 Å². The number of hydrogen-bond donors (Lipinski definition) is 0. The van der Waals surface area contributed by atoms with Gasteiger partial charge in [0.15, 0.2) is 6.10 Å². The molecule has 2 aromatic carbocycles. The molecule has 0 aliphatic carbocycles.